The van der Waals surface area contributed by atoms with E-state index in [0.29, 0.717) is 19.3 Å². The molecule has 0 aliphatic carbocycles. The summed E-state index contributed by atoms with van der Waals surface area (Å²) in [6.07, 6.45) is 89.7. The minimum atomic E-state index is -0.778. The summed E-state index contributed by atoms with van der Waals surface area (Å²) in [4.78, 5) is 38.5. The van der Waals surface area contributed by atoms with E-state index >= 15 is 0 Å². The first kappa shape index (κ1) is 78.1. The van der Waals surface area contributed by atoms with Crippen molar-refractivity contribution in [2.75, 3.05) is 13.2 Å². The molecule has 0 bridgehead atoms. The van der Waals surface area contributed by atoms with E-state index < -0.39 is 6.10 Å². The van der Waals surface area contributed by atoms with Crippen LogP contribution < -0.4 is 0 Å². The van der Waals surface area contributed by atoms with Gasteiger partial charge in [0.25, 0.3) is 0 Å². The van der Waals surface area contributed by atoms with Gasteiger partial charge >= 0.3 is 17.9 Å². The Kier molecular flexibility index (Phi) is 67.1. The molecular formula is C75H136O6. The van der Waals surface area contributed by atoms with Gasteiger partial charge in [-0.15, -0.1) is 0 Å². The van der Waals surface area contributed by atoms with E-state index in [1.165, 1.54) is 250 Å². The van der Waals surface area contributed by atoms with Gasteiger partial charge in [-0.1, -0.05) is 338 Å². The van der Waals surface area contributed by atoms with Gasteiger partial charge in [0.05, 0.1) is 0 Å². The molecule has 0 aliphatic rings. The molecule has 0 aromatic rings. The maximum Gasteiger partial charge on any atom is 0.306 e. The topological polar surface area (TPSA) is 78.9 Å². The van der Waals surface area contributed by atoms with Gasteiger partial charge < -0.3 is 14.2 Å². The third-order valence-corrected chi connectivity index (χ3v) is 16.0. The summed E-state index contributed by atoms with van der Waals surface area (Å²) in [6, 6.07) is 0. The van der Waals surface area contributed by atoms with Gasteiger partial charge in [-0.05, 0) is 83.5 Å². The first-order chi connectivity index (χ1) is 40.0. The van der Waals surface area contributed by atoms with Gasteiger partial charge in [-0.25, -0.2) is 0 Å². The lowest BCUT2D eigenvalue weighted by Gasteiger charge is -2.18. The minimum absolute atomic E-state index is 0.0735. The van der Waals surface area contributed by atoms with Crippen LogP contribution in [0.2, 0.25) is 0 Å². The van der Waals surface area contributed by atoms with Crippen LogP contribution in [0.1, 0.15) is 380 Å². The van der Waals surface area contributed by atoms with Gasteiger partial charge in [0.15, 0.2) is 6.10 Å². The highest BCUT2D eigenvalue weighted by atomic mass is 16.6. The van der Waals surface area contributed by atoms with Crippen molar-refractivity contribution in [3.8, 4) is 0 Å². The van der Waals surface area contributed by atoms with Gasteiger partial charge in [0.1, 0.15) is 13.2 Å². The summed E-state index contributed by atoms with van der Waals surface area (Å²) in [5, 5.41) is 0. The number of esters is 3. The standard InChI is InChI=1S/C75H136O6/c1-4-7-10-13-16-19-22-25-28-30-32-34-36-38-40-41-43-45-47-50-53-56-59-62-65-68-74(77)80-71-72(70-79-73(76)67-64-61-58-55-52-49-27-24-21-18-15-12-9-6-3)81-75(78)69-66-63-60-57-54-51-48-46-44-42-39-37-35-33-31-29-26-23-20-17-14-11-8-5-2/h7,10,16,19,24-25,27-28,32,34,72H,4-6,8-9,11-15,17-18,20-23,26,29-31,33,35-71H2,1-3H3/b10-7-,19-16-,27-24-,28-25-,34-32-. The highest BCUT2D eigenvalue weighted by Crippen LogP contribution is 2.18. The summed E-state index contributed by atoms with van der Waals surface area (Å²) in [5.41, 5.74) is 0. The molecule has 1 atom stereocenters. The van der Waals surface area contributed by atoms with Crippen molar-refractivity contribution in [2.45, 2.75) is 386 Å². The number of carbonyl (C=O) groups is 3. The molecule has 0 fully saturated rings. The summed E-state index contributed by atoms with van der Waals surface area (Å²) in [7, 11) is 0. The largest absolute Gasteiger partial charge is 0.462 e. The van der Waals surface area contributed by atoms with Gasteiger partial charge in [-0.2, -0.15) is 0 Å². The van der Waals surface area contributed by atoms with E-state index in [-0.39, 0.29) is 31.1 Å². The molecule has 0 N–H and O–H groups in total. The second-order valence-corrected chi connectivity index (χ2v) is 24.1. The summed E-state index contributed by atoms with van der Waals surface area (Å²) in [5.74, 6) is -0.858. The zero-order valence-corrected chi connectivity index (χ0v) is 54.3. The van der Waals surface area contributed by atoms with Crippen LogP contribution in [0, 0.1) is 0 Å². The molecule has 0 aliphatic heterocycles. The van der Waals surface area contributed by atoms with Crippen molar-refractivity contribution in [3.63, 3.8) is 0 Å². The SMILES string of the molecule is CC/C=C\C/C=C\C/C=C\C/C=C\CCCCCCCCCCCCCCC(=O)OCC(COC(=O)CCCCCCC/C=C\CCCCCCC)OC(=O)CCCCCCCCCCCCCCCCCCCCCCCCCC. The molecule has 472 valence electrons. The molecule has 6 nitrogen and oxygen atoms in total. The predicted octanol–water partition coefficient (Wildman–Crippen LogP) is 24.7. The minimum Gasteiger partial charge on any atom is -0.462 e. The fourth-order valence-electron chi connectivity index (χ4n) is 10.7. The van der Waals surface area contributed by atoms with Crippen LogP contribution in [0.4, 0.5) is 0 Å². The molecule has 81 heavy (non-hydrogen) atoms. The first-order valence-corrected chi connectivity index (χ1v) is 35.8. The number of carbonyl (C=O) groups excluding carboxylic acids is 3. The lowest BCUT2D eigenvalue weighted by Crippen LogP contribution is -2.30. The zero-order valence-electron chi connectivity index (χ0n) is 54.3. The van der Waals surface area contributed by atoms with Crippen LogP contribution >= 0.6 is 0 Å². The Labute approximate surface area is 504 Å². The molecule has 0 rings (SSSR count). The second kappa shape index (κ2) is 69.6. The van der Waals surface area contributed by atoms with E-state index in [2.05, 4.69) is 81.5 Å². The normalized spacial score (nSPS) is 12.4. The fraction of sp³-hybridized carbons (Fsp3) is 0.827. The van der Waals surface area contributed by atoms with E-state index in [4.69, 9.17) is 14.2 Å². The van der Waals surface area contributed by atoms with Crippen LogP contribution in [-0.2, 0) is 28.6 Å². The van der Waals surface area contributed by atoms with E-state index in [1.54, 1.807) is 0 Å². The van der Waals surface area contributed by atoms with Gasteiger partial charge in [0, 0.05) is 19.3 Å². The molecule has 0 saturated carbocycles. The van der Waals surface area contributed by atoms with Crippen LogP contribution in [0.15, 0.2) is 60.8 Å². The molecule has 0 amide bonds. The third-order valence-electron chi connectivity index (χ3n) is 16.0. The average Bonchev–Trinajstić information content (AvgIpc) is 3.47. The summed E-state index contributed by atoms with van der Waals surface area (Å²) >= 11 is 0. The number of unbranched alkanes of at least 4 members (excludes halogenated alkanes) is 45. The van der Waals surface area contributed by atoms with Crippen molar-refractivity contribution in [2.24, 2.45) is 0 Å². The Morgan fingerprint density at radius 2 is 0.481 bits per heavy atom. The van der Waals surface area contributed by atoms with Crippen LogP contribution in [0.3, 0.4) is 0 Å². The number of ether oxygens (including phenoxy) is 3. The molecule has 0 radical (unpaired) electrons. The maximum atomic E-state index is 13.0. The highest BCUT2D eigenvalue weighted by Gasteiger charge is 2.19. The Hall–Kier alpha value is -2.89. The predicted molar refractivity (Wildman–Crippen MR) is 353 cm³/mol. The maximum absolute atomic E-state index is 13.0. The molecule has 0 aromatic carbocycles. The van der Waals surface area contributed by atoms with E-state index in [1.807, 2.05) is 0 Å². The lowest BCUT2D eigenvalue weighted by atomic mass is 10.0. The van der Waals surface area contributed by atoms with E-state index in [9.17, 15) is 14.4 Å². The summed E-state index contributed by atoms with van der Waals surface area (Å²) < 4.78 is 17.0. The van der Waals surface area contributed by atoms with Gasteiger partial charge in [0.2, 0.25) is 0 Å². The lowest BCUT2D eigenvalue weighted by molar-refractivity contribution is -0.167. The Morgan fingerprint density at radius 1 is 0.259 bits per heavy atom. The molecule has 6 heteroatoms. The summed E-state index contributed by atoms with van der Waals surface area (Å²) in [6.45, 7) is 6.58. The third kappa shape index (κ3) is 67.8. The molecule has 0 heterocycles. The van der Waals surface area contributed by atoms with Crippen molar-refractivity contribution in [3.05, 3.63) is 60.8 Å². The number of allylic oxidation sites excluding steroid dienone is 10. The first-order valence-electron chi connectivity index (χ1n) is 35.8. The van der Waals surface area contributed by atoms with Crippen molar-refractivity contribution in [1.29, 1.82) is 0 Å². The van der Waals surface area contributed by atoms with Crippen LogP contribution in [0.25, 0.3) is 0 Å². The average molecular weight is 1130 g/mol. The van der Waals surface area contributed by atoms with Crippen LogP contribution in [-0.4, -0.2) is 37.2 Å². The highest BCUT2D eigenvalue weighted by molar-refractivity contribution is 5.71. The molecule has 0 spiro atoms. The number of hydrogen-bond acceptors (Lipinski definition) is 6. The Morgan fingerprint density at radius 3 is 0.765 bits per heavy atom. The van der Waals surface area contributed by atoms with Gasteiger partial charge in [-0.3, -0.25) is 14.4 Å². The van der Waals surface area contributed by atoms with Crippen LogP contribution in [0.5, 0.6) is 0 Å². The van der Waals surface area contributed by atoms with E-state index in [0.717, 1.165) is 89.9 Å². The zero-order chi connectivity index (χ0) is 58.5. The quantitative estimate of drug-likeness (QED) is 0.0261. The Bertz CT molecular complexity index is 1440. The molecule has 0 aromatic heterocycles. The van der Waals surface area contributed by atoms with Crippen molar-refractivity contribution in [1.82, 2.24) is 0 Å². The number of hydrogen-bond donors (Lipinski definition) is 0. The fourth-order valence-corrected chi connectivity index (χ4v) is 10.7. The van der Waals surface area contributed by atoms with Crippen molar-refractivity contribution >= 4 is 17.9 Å². The smallest absolute Gasteiger partial charge is 0.306 e. The number of rotatable bonds is 66. The molecular weight excluding hydrogens is 997 g/mol. The molecule has 0 saturated heterocycles. The molecule has 1 unspecified atom stereocenters. The van der Waals surface area contributed by atoms with Crippen molar-refractivity contribution < 1.29 is 28.6 Å². The Balaban J connectivity index is 4.26. The second-order valence-electron chi connectivity index (χ2n) is 24.1. The monoisotopic (exact) mass is 1130 g/mol.